The summed E-state index contributed by atoms with van der Waals surface area (Å²) < 4.78 is 11.1. The summed E-state index contributed by atoms with van der Waals surface area (Å²) in [5, 5.41) is 6.60. The molecule has 1 amide bonds. The average molecular weight is 450 g/mol. The monoisotopic (exact) mass is 449 g/mol. The molecule has 33 heavy (non-hydrogen) atoms. The lowest BCUT2D eigenvalue weighted by Crippen LogP contribution is -2.41. The topological polar surface area (TPSA) is 54.4 Å². The Kier molecular flexibility index (Phi) is 7.03. The maximum absolute atomic E-state index is 13.5. The number of carbonyl (C=O) groups is 1. The zero-order chi connectivity index (χ0) is 23.5. The van der Waals surface area contributed by atoms with Gasteiger partial charge < -0.3 is 9.47 Å². The number of ether oxygens (including phenoxy) is 2. The lowest BCUT2D eigenvalue weighted by Gasteiger charge is -2.31. The van der Waals surface area contributed by atoms with E-state index in [2.05, 4.69) is 43.9 Å². The minimum atomic E-state index is -0.211. The number of likely N-dealkylation sites (tertiary alicyclic amines) is 1. The zero-order valence-corrected chi connectivity index (χ0v) is 20.4. The molecule has 6 heteroatoms. The van der Waals surface area contributed by atoms with Crippen LogP contribution < -0.4 is 9.47 Å². The van der Waals surface area contributed by atoms with Crippen LogP contribution in [-0.4, -0.2) is 55.4 Å². The van der Waals surface area contributed by atoms with E-state index < -0.39 is 0 Å². The SMILES string of the molecule is COc1ccc(C2CC(c3cc(C)ccc3C)=NN2C(=O)CN2CCC(C)CC2)c(OC)c1. The van der Waals surface area contributed by atoms with Gasteiger partial charge in [0, 0.05) is 23.6 Å². The van der Waals surface area contributed by atoms with Crippen LogP contribution in [0, 0.1) is 19.8 Å². The van der Waals surface area contributed by atoms with E-state index in [4.69, 9.17) is 14.6 Å². The Bertz CT molecular complexity index is 1040. The summed E-state index contributed by atoms with van der Waals surface area (Å²) in [6.45, 7) is 8.79. The highest BCUT2D eigenvalue weighted by molar-refractivity contribution is 6.04. The smallest absolute Gasteiger partial charge is 0.257 e. The van der Waals surface area contributed by atoms with Crippen molar-refractivity contribution in [3.63, 3.8) is 0 Å². The van der Waals surface area contributed by atoms with Gasteiger partial charge in [-0.25, -0.2) is 5.01 Å². The van der Waals surface area contributed by atoms with Gasteiger partial charge in [0.15, 0.2) is 0 Å². The highest BCUT2D eigenvalue weighted by Crippen LogP contribution is 2.39. The van der Waals surface area contributed by atoms with Crippen molar-refractivity contribution < 1.29 is 14.3 Å². The van der Waals surface area contributed by atoms with E-state index in [1.54, 1.807) is 19.2 Å². The van der Waals surface area contributed by atoms with E-state index in [1.165, 1.54) is 11.1 Å². The lowest BCUT2D eigenvalue weighted by molar-refractivity contribution is -0.134. The van der Waals surface area contributed by atoms with Crippen molar-refractivity contribution in [2.24, 2.45) is 11.0 Å². The first-order chi connectivity index (χ1) is 15.9. The number of methoxy groups -OCH3 is 2. The van der Waals surface area contributed by atoms with Crippen LogP contribution in [0.2, 0.25) is 0 Å². The molecule has 0 aliphatic carbocycles. The molecule has 0 spiro atoms. The summed E-state index contributed by atoms with van der Waals surface area (Å²) >= 11 is 0. The third kappa shape index (κ3) is 5.06. The van der Waals surface area contributed by atoms with Crippen LogP contribution in [0.15, 0.2) is 41.5 Å². The number of nitrogens with zero attached hydrogens (tertiary/aromatic N) is 3. The molecule has 176 valence electrons. The molecule has 2 aromatic carbocycles. The number of aryl methyl sites for hydroxylation is 2. The van der Waals surface area contributed by atoms with Crippen LogP contribution in [0.1, 0.15) is 54.5 Å². The second-order valence-corrected chi connectivity index (χ2v) is 9.39. The molecule has 1 unspecified atom stereocenters. The Balaban J connectivity index is 1.67. The van der Waals surface area contributed by atoms with Crippen molar-refractivity contribution in [3.05, 3.63) is 58.7 Å². The molecule has 1 saturated heterocycles. The highest BCUT2D eigenvalue weighted by atomic mass is 16.5. The fourth-order valence-electron chi connectivity index (χ4n) is 4.77. The van der Waals surface area contributed by atoms with Crippen molar-refractivity contribution in [3.8, 4) is 11.5 Å². The molecular formula is C27H35N3O3. The van der Waals surface area contributed by atoms with Crippen LogP contribution in [0.4, 0.5) is 0 Å². The molecular weight excluding hydrogens is 414 g/mol. The van der Waals surface area contributed by atoms with Crippen LogP contribution >= 0.6 is 0 Å². The molecule has 2 aromatic rings. The molecule has 2 aliphatic rings. The fraction of sp³-hybridized carbons (Fsp3) is 0.481. The van der Waals surface area contributed by atoms with E-state index >= 15 is 0 Å². The zero-order valence-electron chi connectivity index (χ0n) is 20.4. The number of piperidine rings is 1. The number of hydrogen-bond donors (Lipinski definition) is 0. The third-order valence-electron chi connectivity index (χ3n) is 6.90. The first-order valence-electron chi connectivity index (χ1n) is 11.8. The fourth-order valence-corrected chi connectivity index (χ4v) is 4.77. The van der Waals surface area contributed by atoms with Crippen molar-refractivity contribution in [1.82, 2.24) is 9.91 Å². The lowest BCUT2D eigenvalue weighted by atomic mass is 9.94. The van der Waals surface area contributed by atoms with Crippen molar-refractivity contribution >= 4 is 11.6 Å². The van der Waals surface area contributed by atoms with Gasteiger partial charge in [0.05, 0.1) is 32.5 Å². The molecule has 0 saturated carbocycles. The van der Waals surface area contributed by atoms with Gasteiger partial charge in [-0.15, -0.1) is 0 Å². The quantitative estimate of drug-likeness (QED) is 0.640. The molecule has 0 aromatic heterocycles. The molecule has 0 radical (unpaired) electrons. The molecule has 0 N–H and O–H groups in total. The van der Waals surface area contributed by atoms with Gasteiger partial charge in [0.1, 0.15) is 11.5 Å². The van der Waals surface area contributed by atoms with E-state index in [0.29, 0.717) is 18.7 Å². The number of hydrazone groups is 1. The Morgan fingerprint density at radius 3 is 2.52 bits per heavy atom. The number of hydrogen-bond acceptors (Lipinski definition) is 5. The normalized spacial score (nSPS) is 19.5. The minimum Gasteiger partial charge on any atom is -0.497 e. The van der Waals surface area contributed by atoms with E-state index in [0.717, 1.165) is 54.4 Å². The van der Waals surface area contributed by atoms with Crippen molar-refractivity contribution in [1.29, 1.82) is 0 Å². The van der Waals surface area contributed by atoms with Gasteiger partial charge in [0.25, 0.3) is 5.91 Å². The molecule has 4 rings (SSSR count). The highest BCUT2D eigenvalue weighted by Gasteiger charge is 2.36. The minimum absolute atomic E-state index is 0.0349. The van der Waals surface area contributed by atoms with Crippen LogP contribution in [0.25, 0.3) is 0 Å². The van der Waals surface area contributed by atoms with E-state index in [-0.39, 0.29) is 11.9 Å². The largest absolute Gasteiger partial charge is 0.497 e. The number of amides is 1. The van der Waals surface area contributed by atoms with Gasteiger partial charge in [-0.3, -0.25) is 9.69 Å². The van der Waals surface area contributed by atoms with E-state index in [9.17, 15) is 4.79 Å². The Labute approximate surface area is 197 Å². The number of benzene rings is 2. The molecule has 0 bridgehead atoms. The maximum Gasteiger partial charge on any atom is 0.257 e. The second kappa shape index (κ2) is 9.96. The van der Waals surface area contributed by atoms with Gasteiger partial charge in [0.2, 0.25) is 0 Å². The summed E-state index contributed by atoms with van der Waals surface area (Å²) in [4.78, 5) is 15.8. The average Bonchev–Trinajstić information content (AvgIpc) is 3.26. The van der Waals surface area contributed by atoms with Crippen LogP contribution in [0.3, 0.4) is 0 Å². The number of carbonyl (C=O) groups excluding carboxylic acids is 1. The number of rotatable bonds is 6. The van der Waals surface area contributed by atoms with Gasteiger partial charge in [-0.2, -0.15) is 5.10 Å². The van der Waals surface area contributed by atoms with Crippen LogP contribution in [-0.2, 0) is 4.79 Å². The first-order valence-corrected chi connectivity index (χ1v) is 11.8. The molecule has 1 fully saturated rings. The first kappa shape index (κ1) is 23.3. The van der Waals surface area contributed by atoms with Crippen molar-refractivity contribution in [2.75, 3.05) is 33.9 Å². The van der Waals surface area contributed by atoms with Crippen LogP contribution in [0.5, 0.6) is 11.5 Å². The molecule has 2 heterocycles. The maximum atomic E-state index is 13.5. The third-order valence-corrected chi connectivity index (χ3v) is 6.90. The molecule has 6 nitrogen and oxygen atoms in total. The summed E-state index contributed by atoms with van der Waals surface area (Å²) in [6, 6.07) is 12.0. The standard InChI is InChI=1S/C27H35N3O3/c1-18-10-12-29(13-11-18)17-27(31)30-25(22-9-8-21(32-4)15-26(22)33-5)16-24(28-30)23-14-19(2)6-7-20(23)3/h6-9,14-15,18,25H,10-13,16-17H2,1-5H3. The predicted octanol–water partition coefficient (Wildman–Crippen LogP) is 4.73. The summed E-state index contributed by atoms with van der Waals surface area (Å²) in [7, 11) is 3.29. The summed E-state index contributed by atoms with van der Waals surface area (Å²) in [6.07, 6.45) is 2.93. The second-order valence-electron chi connectivity index (χ2n) is 9.39. The van der Waals surface area contributed by atoms with Crippen molar-refractivity contribution in [2.45, 2.75) is 46.1 Å². The molecule has 1 atom stereocenters. The van der Waals surface area contributed by atoms with E-state index in [1.807, 2.05) is 18.2 Å². The summed E-state index contributed by atoms with van der Waals surface area (Å²) in [5.41, 5.74) is 5.35. The molecule has 2 aliphatic heterocycles. The Morgan fingerprint density at radius 1 is 1.06 bits per heavy atom. The van der Waals surface area contributed by atoms with Gasteiger partial charge in [-0.1, -0.05) is 24.6 Å². The summed E-state index contributed by atoms with van der Waals surface area (Å²) in [5.74, 6) is 2.20. The van der Waals surface area contributed by atoms with Gasteiger partial charge in [-0.05, 0) is 69.5 Å². The van der Waals surface area contributed by atoms with Gasteiger partial charge >= 0.3 is 0 Å². The predicted molar refractivity (Wildman–Crippen MR) is 131 cm³/mol. The Hall–Kier alpha value is -2.86. The Morgan fingerprint density at radius 2 is 1.82 bits per heavy atom.